The molecule has 1 heterocycles. The molecule has 0 radical (unpaired) electrons. The van der Waals surface area contributed by atoms with E-state index in [9.17, 15) is 0 Å². The number of hydrogen-bond donors (Lipinski definition) is 1. The quantitative estimate of drug-likeness (QED) is 0.803. The van der Waals surface area contributed by atoms with Crippen LogP contribution in [0.5, 0.6) is 0 Å². The van der Waals surface area contributed by atoms with E-state index >= 15 is 0 Å². The Balaban J connectivity index is 1.45. The highest BCUT2D eigenvalue weighted by Gasteiger charge is 2.43. The Hall–Kier alpha value is -1.29. The van der Waals surface area contributed by atoms with Crippen molar-refractivity contribution < 1.29 is 4.28 Å². The van der Waals surface area contributed by atoms with Gasteiger partial charge in [-0.05, 0) is 72.9 Å². The van der Waals surface area contributed by atoms with E-state index in [4.69, 9.17) is 4.28 Å². The first-order valence-corrected chi connectivity index (χ1v) is 9.39. The molecule has 5 rings (SSSR count). The van der Waals surface area contributed by atoms with Gasteiger partial charge in [0.15, 0.2) is 0 Å². The lowest BCUT2D eigenvalue weighted by molar-refractivity contribution is 0.467. The highest BCUT2D eigenvalue weighted by Crippen LogP contribution is 2.69. The van der Waals surface area contributed by atoms with Crippen molar-refractivity contribution in [2.45, 2.75) is 47.3 Å². The van der Waals surface area contributed by atoms with Crippen LogP contribution in [0.25, 0.3) is 0 Å². The topological polar surface area (TPSA) is 34.5 Å². The van der Waals surface area contributed by atoms with Gasteiger partial charge in [0.25, 0.3) is 0 Å². The fraction of sp³-hybridized carbons (Fsp3) is 0.333. The molecule has 21 heavy (non-hydrogen) atoms. The fourth-order valence-electron chi connectivity index (χ4n) is 3.06. The zero-order valence-corrected chi connectivity index (χ0v) is 12.7. The highest BCUT2D eigenvalue weighted by atomic mass is 32.3. The molecule has 0 bridgehead atoms. The summed E-state index contributed by atoms with van der Waals surface area (Å²) in [6.45, 7) is 0. The molecule has 108 valence electrons. The Kier molecular flexibility index (Phi) is 2.55. The summed E-state index contributed by atoms with van der Waals surface area (Å²) in [6, 6.07) is 18.1. The standard InChI is InChI=1S/C18H19NOS/c1-2-13(1)15-5-9-17(10-6-15)21(19-20-21)18-11-7-16(8-12-18)14-3-4-14/h5-14,19H,1-4H2. The number of benzene rings is 2. The Morgan fingerprint density at radius 2 is 1.10 bits per heavy atom. The summed E-state index contributed by atoms with van der Waals surface area (Å²) in [7, 11) is -1.38. The minimum absolute atomic E-state index is 0.816. The highest BCUT2D eigenvalue weighted by molar-refractivity contribution is 8.32. The van der Waals surface area contributed by atoms with Gasteiger partial charge in [-0.3, -0.25) is 0 Å². The van der Waals surface area contributed by atoms with Crippen LogP contribution in [0.1, 0.15) is 48.6 Å². The first kappa shape index (κ1) is 12.3. The molecule has 2 aliphatic carbocycles. The Morgan fingerprint density at radius 1 is 0.714 bits per heavy atom. The van der Waals surface area contributed by atoms with E-state index in [0.717, 1.165) is 11.8 Å². The molecule has 0 amide bonds. The summed E-state index contributed by atoms with van der Waals surface area (Å²) in [5.74, 6) is 1.63. The third-order valence-electron chi connectivity index (χ3n) is 4.77. The van der Waals surface area contributed by atoms with Gasteiger partial charge in [-0.25, -0.2) is 4.28 Å². The molecular weight excluding hydrogens is 278 g/mol. The van der Waals surface area contributed by atoms with E-state index in [1.165, 1.54) is 46.6 Å². The maximum Gasteiger partial charge on any atom is 0.0346 e. The molecule has 1 saturated heterocycles. The second-order valence-electron chi connectivity index (χ2n) is 6.41. The molecule has 3 heteroatoms. The van der Waals surface area contributed by atoms with Crippen molar-refractivity contribution >= 4 is 10.5 Å². The van der Waals surface area contributed by atoms with Gasteiger partial charge in [0.1, 0.15) is 0 Å². The predicted molar refractivity (Wildman–Crippen MR) is 85.2 cm³/mol. The summed E-state index contributed by atoms with van der Waals surface area (Å²) in [5.41, 5.74) is 2.97. The predicted octanol–water partition coefficient (Wildman–Crippen LogP) is 5.03. The van der Waals surface area contributed by atoms with Crippen molar-refractivity contribution in [3.05, 3.63) is 59.7 Å². The van der Waals surface area contributed by atoms with Crippen LogP contribution in [0.2, 0.25) is 0 Å². The molecule has 0 aromatic heterocycles. The van der Waals surface area contributed by atoms with Crippen LogP contribution in [0.3, 0.4) is 0 Å². The van der Waals surface area contributed by atoms with Crippen LogP contribution in [-0.2, 0) is 4.28 Å². The minimum atomic E-state index is -1.38. The fourth-order valence-corrected chi connectivity index (χ4v) is 5.03. The van der Waals surface area contributed by atoms with Crippen molar-refractivity contribution in [2.24, 2.45) is 0 Å². The Bertz CT molecular complexity index is 610. The van der Waals surface area contributed by atoms with Crippen LogP contribution in [0.15, 0.2) is 58.3 Å². The molecule has 3 fully saturated rings. The maximum atomic E-state index is 5.73. The van der Waals surface area contributed by atoms with Crippen molar-refractivity contribution in [1.29, 1.82) is 0 Å². The zero-order valence-electron chi connectivity index (χ0n) is 11.9. The molecule has 2 aromatic rings. The average molecular weight is 297 g/mol. The minimum Gasteiger partial charge on any atom is -0.217 e. The van der Waals surface area contributed by atoms with Gasteiger partial charge in [-0.15, -0.1) is 4.89 Å². The first-order chi connectivity index (χ1) is 10.4. The molecule has 1 N–H and O–H groups in total. The number of hydrogen-bond acceptors (Lipinski definition) is 2. The Morgan fingerprint density at radius 3 is 1.38 bits per heavy atom. The SMILES string of the molecule is c1cc(S2(c3ccc(C4CC4)cc3)NO2)ccc1C1CC1. The van der Waals surface area contributed by atoms with E-state index in [2.05, 4.69) is 53.4 Å². The largest absolute Gasteiger partial charge is 0.217 e. The average Bonchev–Trinajstić information content (AvgIpc) is 3.44. The lowest BCUT2D eigenvalue weighted by atomic mass is 10.1. The van der Waals surface area contributed by atoms with E-state index < -0.39 is 10.5 Å². The van der Waals surface area contributed by atoms with Crippen LogP contribution < -0.4 is 4.89 Å². The molecule has 0 spiro atoms. The van der Waals surface area contributed by atoms with Gasteiger partial charge in [-0.1, -0.05) is 24.3 Å². The van der Waals surface area contributed by atoms with Crippen LogP contribution in [0, 0.1) is 0 Å². The normalized spacial score (nSPS) is 24.6. The van der Waals surface area contributed by atoms with Crippen molar-refractivity contribution in [1.82, 2.24) is 4.89 Å². The third-order valence-corrected chi connectivity index (χ3v) is 7.14. The first-order valence-electron chi connectivity index (χ1n) is 7.84. The summed E-state index contributed by atoms with van der Waals surface area (Å²) in [5, 5.41) is 0. The maximum absolute atomic E-state index is 5.73. The molecule has 3 aliphatic rings. The van der Waals surface area contributed by atoms with E-state index in [-0.39, 0.29) is 0 Å². The summed E-state index contributed by atoms with van der Waals surface area (Å²) in [6.07, 6.45) is 5.42. The monoisotopic (exact) mass is 297 g/mol. The lowest BCUT2D eigenvalue weighted by Crippen LogP contribution is -1.91. The molecule has 0 unspecified atom stereocenters. The summed E-state index contributed by atoms with van der Waals surface area (Å²) < 4.78 is 5.73. The van der Waals surface area contributed by atoms with Crippen molar-refractivity contribution in [3.63, 3.8) is 0 Å². The molecule has 2 nitrogen and oxygen atoms in total. The smallest absolute Gasteiger partial charge is 0.0346 e. The summed E-state index contributed by atoms with van der Waals surface area (Å²) in [4.78, 5) is 5.76. The van der Waals surface area contributed by atoms with Crippen LogP contribution >= 0.6 is 10.5 Å². The van der Waals surface area contributed by atoms with Crippen LogP contribution in [0.4, 0.5) is 0 Å². The van der Waals surface area contributed by atoms with E-state index in [1.54, 1.807) is 0 Å². The van der Waals surface area contributed by atoms with Crippen molar-refractivity contribution in [2.75, 3.05) is 0 Å². The van der Waals surface area contributed by atoms with E-state index in [0.29, 0.717) is 0 Å². The van der Waals surface area contributed by atoms with Gasteiger partial charge >= 0.3 is 0 Å². The second-order valence-corrected chi connectivity index (χ2v) is 8.80. The molecule has 2 saturated carbocycles. The van der Waals surface area contributed by atoms with Gasteiger partial charge in [0, 0.05) is 20.3 Å². The van der Waals surface area contributed by atoms with E-state index in [1.807, 2.05) is 0 Å². The molecule has 0 atom stereocenters. The zero-order chi connectivity index (χ0) is 13.9. The van der Waals surface area contributed by atoms with Crippen LogP contribution in [-0.4, -0.2) is 0 Å². The second kappa shape index (κ2) is 4.35. The van der Waals surface area contributed by atoms with Gasteiger partial charge in [0.05, 0.1) is 0 Å². The molecule has 2 aromatic carbocycles. The van der Waals surface area contributed by atoms with Gasteiger partial charge in [-0.2, -0.15) is 0 Å². The van der Waals surface area contributed by atoms with Crippen molar-refractivity contribution in [3.8, 4) is 0 Å². The number of nitrogens with one attached hydrogen (secondary N) is 1. The summed E-state index contributed by atoms with van der Waals surface area (Å²) >= 11 is 0. The lowest BCUT2D eigenvalue weighted by Gasteiger charge is -2.16. The van der Waals surface area contributed by atoms with Gasteiger partial charge in [0.2, 0.25) is 0 Å². The third kappa shape index (κ3) is 2.11. The Labute approximate surface area is 127 Å². The molecule has 1 aliphatic heterocycles. The number of rotatable bonds is 4. The van der Waals surface area contributed by atoms with Gasteiger partial charge < -0.3 is 0 Å². The molecular formula is C18H19NOS.